The van der Waals surface area contributed by atoms with E-state index in [1.165, 1.54) is 0 Å². The molecular weight excluding hydrogens is 154 g/mol. The summed E-state index contributed by atoms with van der Waals surface area (Å²) in [6.07, 6.45) is 0.464. The van der Waals surface area contributed by atoms with E-state index in [1.807, 2.05) is 24.9 Å². The predicted octanol–water partition coefficient (Wildman–Crippen LogP) is -0.0320. The Hall–Kier alpha value is -1.08. The van der Waals surface area contributed by atoms with E-state index >= 15 is 0 Å². The van der Waals surface area contributed by atoms with Gasteiger partial charge in [-0.2, -0.15) is 5.26 Å². The highest BCUT2D eigenvalue weighted by molar-refractivity contribution is 5.75. The van der Waals surface area contributed by atoms with Crippen molar-refractivity contribution in [3.8, 4) is 6.07 Å². The van der Waals surface area contributed by atoms with Crippen molar-refractivity contribution in [1.29, 1.82) is 5.26 Å². The summed E-state index contributed by atoms with van der Waals surface area (Å²) in [5.41, 5.74) is 0. The lowest BCUT2D eigenvalue weighted by molar-refractivity contribution is -0.121. The second kappa shape index (κ2) is 6.62. The first-order valence-electron chi connectivity index (χ1n) is 4.03. The highest BCUT2D eigenvalue weighted by atomic mass is 16.1. The Morgan fingerprint density at radius 3 is 2.83 bits per heavy atom. The maximum atomic E-state index is 10.9. The molecule has 0 aliphatic carbocycles. The molecule has 0 aliphatic rings. The van der Waals surface area contributed by atoms with Crippen LogP contribution in [0.3, 0.4) is 0 Å². The van der Waals surface area contributed by atoms with Gasteiger partial charge in [0.2, 0.25) is 5.91 Å². The van der Waals surface area contributed by atoms with Crippen LogP contribution in [0.15, 0.2) is 0 Å². The molecule has 4 nitrogen and oxygen atoms in total. The Morgan fingerprint density at radius 1 is 1.67 bits per heavy atom. The Balaban J connectivity index is 3.41. The van der Waals surface area contributed by atoms with E-state index in [4.69, 9.17) is 5.26 Å². The molecule has 4 heteroatoms. The second-order valence-electron chi connectivity index (χ2n) is 2.60. The lowest BCUT2D eigenvalue weighted by Gasteiger charge is -2.11. The van der Waals surface area contributed by atoms with E-state index in [1.54, 1.807) is 0 Å². The minimum atomic E-state index is 0.0438. The van der Waals surface area contributed by atoms with Gasteiger partial charge < -0.3 is 5.32 Å². The fourth-order valence-electron chi connectivity index (χ4n) is 0.778. The van der Waals surface area contributed by atoms with Gasteiger partial charge in [0, 0.05) is 19.5 Å². The number of rotatable bonds is 5. The van der Waals surface area contributed by atoms with Crippen molar-refractivity contribution < 1.29 is 4.79 Å². The zero-order chi connectivity index (χ0) is 9.40. The van der Waals surface area contributed by atoms with Gasteiger partial charge in [0.15, 0.2) is 0 Å². The average Bonchev–Trinajstić information content (AvgIpc) is 2.02. The van der Waals surface area contributed by atoms with Gasteiger partial charge in [-0.25, -0.2) is 0 Å². The van der Waals surface area contributed by atoms with Crippen molar-refractivity contribution >= 4 is 5.91 Å². The summed E-state index contributed by atoms with van der Waals surface area (Å²) >= 11 is 0. The van der Waals surface area contributed by atoms with Crippen LogP contribution in [0.2, 0.25) is 0 Å². The van der Waals surface area contributed by atoms with Crippen LogP contribution < -0.4 is 5.32 Å². The minimum Gasteiger partial charge on any atom is -0.356 e. The van der Waals surface area contributed by atoms with E-state index in [0.29, 0.717) is 26.1 Å². The Morgan fingerprint density at radius 2 is 2.33 bits per heavy atom. The Bertz CT molecular complexity index is 174. The van der Waals surface area contributed by atoms with Gasteiger partial charge in [0.25, 0.3) is 0 Å². The first kappa shape index (κ1) is 10.9. The fourth-order valence-corrected chi connectivity index (χ4v) is 0.778. The summed E-state index contributed by atoms with van der Waals surface area (Å²) in [6.45, 7) is 3.57. The topological polar surface area (TPSA) is 56.1 Å². The molecule has 0 radical (unpaired) electrons. The van der Waals surface area contributed by atoms with Gasteiger partial charge in [0.1, 0.15) is 0 Å². The predicted molar refractivity (Wildman–Crippen MR) is 46.4 cm³/mol. The third-order valence-electron chi connectivity index (χ3n) is 1.44. The van der Waals surface area contributed by atoms with Gasteiger partial charge >= 0.3 is 0 Å². The molecule has 0 saturated carbocycles. The minimum absolute atomic E-state index is 0.0438. The molecule has 0 aliphatic heterocycles. The third kappa shape index (κ3) is 5.69. The molecule has 0 aromatic heterocycles. The normalized spacial score (nSPS) is 9.50. The second-order valence-corrected chi connectivity index (χ2v) is 2.60. The van der Waals surface area contributed by atoms with Crippen LogP contribution in [0.5, 0.6) is 0 Å². The number of nitrogens with zero attached hydrogens (tertiary/aromatic N) is 2. The van der Waals surface area contributed by atoms with E-state index in [9.17, 15) is 4.79 Å². The number of hydrogen-bond donors (Lipinski definition) is 1. The number of hydrogen-bond acceptors (Lipinski definition) is 3. The summed E-state index contributed by atoms with van der Waals surface area (Å²) in [4.78, 5) is 12.7. The van der Waals surface area contributed by atoms with Crippen molar-refractivity contribution in [3.63, 3.8) is 0 Å². The molecule has 0 bridgehead atoms. The quantitative estimate of drug-likeness (QED) is 0.588. The monoisotopic (exact) mass is 169 g/mol. The molecule has 0 atom stereocenters. The first-order chi connectivity index (χ1) is 5.70. The maximum Gasteiger partial charge on any atom is 0.221 e. The van der Waals surface area contributed by atoms with E-state index < -0.39 is 0 Å². The lowest BCUT2D eigenvalue weighted by atomic mass is 10.3. The number of carbonyl (C=O) groups is 1. The maximum absolute atomic E-state index is 10.9. The van der Waals surface area contributed by atoms with Crippen LogP contribution >= 0.6 is 0 Å². The van der Waals surface area contributed by atoms with Crippen LogP contribution in [-0.4, -0.2) is 37.5 Å². The number of nitriles is 1. The molecule has 12 heavy (non-hydrogen) atoms. The molecule has 0 heterocycles. The lowest BCUT2D eigenvalue weighted by Crippen LogP contribution is -2.28. The van der Waals surface area contributed by atoms with E-state index in [0.717, 1.165) is 0 Å². The third-order valence-corrected chi connectivity index (χ3v) is 1.44. The summed E-state index contributed by atoms with van der Waals surface area (Å²) in [5, 5.41) is 11.0. The average molecular weight is 169 g/mol. The molecular formula is C8H15N3O. The summed E-state index contributed by atoms with van der Waals surface area (Å²) in [5.74, 6) is 0.0438. The van der Waals surface area contributed by atoms with Gasteiger partial charge in [-0.05, 0) is 14.0 Å². The van der Waals surface area contributed by atoms with Crippen LogP contribution in [0.1, 0.15) is 13.3 Å². The molecule has 0 fully saturated rings. The Kier molecular flexibility index (Phi) is 6.02. The largest absolute Gasteiger partial charge is 0.356 e. The molecule has 0 aromatic rings. The number of amides is 1. The van der Waals surface area contributed by atoms with E-state index in [-0.39, 0.29) is 5.91 Å². The smallest absolute Gasteiger partial charge is 0.221 e. The molecule has 68 valence electrons. The van der Waals surface area contributed by atoms with Crippen LogP contribution in [0.4, 0.5) is 0 Å². The molecule has 0 rings (SSSR count). The number of carbonyl (C=O) groups excluding carboxylic acids is 1. The summed E-state index contributed by atoms with van der Waals surface area (Å²) in [6, 6.07) is 2.02. The first-order valence-corrected chi connectivity index (χ1v) is 4.03. The van der Waals surface area contributed by atoms with Gasteiger partial charge in [-0.1, -0.05) is 0 Å². The molecule has 0 aromatic carbocycles. The number of nitrogens with one attached hydrogen (secondary N) is 1. The standard InChI is InChI=1S/C8H15N3O/c1-3-10-8(12)4-6-11(2)7-5-9/h3-4,6-7H2,1-2H3,(H,10,12). The van der Waals surface area contributed by atoms with Crippen molar-refractivity contribution in [2.75, 3.05) is 26.7 Å². The van der Waals surface area contributed by atoms with Gasteiger partial charge in [-0.15, -0.1) is 0 Å². The Labute approximate surface area is 73.2 Å². The molecule has 0 spiro atoms. The molecule has 0 unspecified atom stereocenters. The van der Waals surface area contributed by atoms with Crippen molar-refractivity contribution in [1.82, 2.24) is 10.2 Å². The highest BCUT2D eigenvalue weighted by Gasteiger charge is 2.01. The van der Waals surface area contributed by atoms with Gasteiger partial charge in [-0.3, -0.25) is 9.69 Å². The summed E-state index contributed by atoms with van der Waals surface area (Å²) in [7, 11) is 1.82. The van der Waals surface area contributed by atoms with Crippen LogP contribution in [-0.2, 0) is 4.79 Å². The molecule has 1 N–H and O–H groups in total. The summed E-state index contributed by atoms with van der Waals surface area (Å²) < 4.78 is 0. The molecule has 0 saturated heterocycles. The van der Waals surface area contributed by atoms with Crippen molar-refractivity contribution in [3.05, 3.63) is 0 Å². The SMILES string of the molecule is CCNC(=O)CCN(C)CC#N. The fraction of sp³-hybridized carbons (Fsp3) is 0.750. The van der Waals surface area contributed by atoms with Crippen LogP contribution in [0, 0.1) is 11.3 Å². The highest BCUT2D eigenvalue weighted by Crippen LogP contribution is 1.85. The van der Waals surface area contributed by atoms with Crippen LogP contribution in [0.25, 0.3) is 0 Å². The zero-order valence-corrected chi connectivity index (χ0v) is 7.63. The van der Waals surface area contributed by atoms with Gasteiger partial charge in [0.05, 0.1) is 12.6 Å². The van der Waals surface area contributed by atoms with Crippen molar-refractivity contribution in [2.24, 2.45) is 0 Å². The van der Waals surface area contributed by atoms with Crippen molar-refractivity contribution in [2.45, 2.75) is 13.3 Å². The zero-order valence-electron chi connectivity index (χ0n) is 7.63. The van der Waals surface area contributed by atoms with E-state index in [2.05, 4.69) is 5.32 Å². The molecule has 1 amide bonds.